The first-order chi connectivity index (χ1) is 11.4. The van der Waals surface area contributed by atoms with E-state index in [1.165, 1.54) is 11.8 Å². The SMILES string of the molecule is Cc1cc(CN2CC(NS(C)(=O)=O)C2)ccc1OC1CCNCC1. The summed E-state index contributed by atoms with van der Waals surface area (Å²) in [6, 6.07) is 6.40. The minimum Gasteiger partial charge on any atom is -0.490 e. The van der Waals surface area contributed by atoms with E-state index in [1.807, 2.05) is 0 Å². The number of rotatable bonds is 6. The Morgan fingerprint density at radius 1 is 1.29 bits per heavy atom. The minimum atomic E-state index is -3.10. The van der Waals surface area contributed by atoms with Gasteiger partial charge in [0.15, 0.2) is 0 Å². The molecule has 2 heterocycles. The summed E-state index contributed by atoms with van der Waals surface area (Å²) in [6.45, 7) is 6.51. The molecule has 0 atom stereocenters. The van der Waals surface area contributed by atoms with Gasteiger partial charge in [-0.1, -0.05) is 12.1 Å². The van der Waals surface area contributed by atoms with Crippen molar-refractivity contribution in [3.8, 4) is 5.75 Å². The molecule has 1 aromatic carbocycles. The van der Waals surface area contributed by atoms with Gasteiger partial charge in [-0.25, -0.2) is 13.1 Å². The third-order valence-electron chi connectivity index (χ3n) is 4.56. The van der Waals surface area contributed by atoms with Crippen LogP contribution in [0.25, 0.3) is 0 Å². The predicted molar refractivity (Wildman–Crippen MR) is 94.7 cm³/mol. The van der Waals surface area contributed by atoms with Crippen molar-refractivity contribution in [1.82, 2.24) is 14.9 Å². The van der Waals surface area contributed by atoms with Crippen LogP contribution in [0.4, 0.5) is 0 Å². The average Bonchev–Trinajstić information content (AvgIpc) is 2.47. The van der Waals surface area contributed by atoms with E-state index < -0.39 is 10.0 Å². The first-order valence-corrected chi connectivity index (χ1v) is 10.4. The van der Waals surface area contributed by atoms with Crippen molar-refractivity contribution in [2.75, 3.05) is 32.4 Å². The van der Waals surface area contributed by atoms with E-state index in [-0.39, 0.29) is 6.04 Å². The van der Waals surface area contributed by atoms with Gasteiger partial charge in [0.25, 0.3) is 0 Å². The first kappa shape index (κ1) is 17.7. The van der Waals surface area contributed by atoms with Crippen molar-refractivity contribution >= 4 is 10.0 Å². The summed E-state index contributed by atoms with van der Waals surface area (Å²) in [5, 5.41) is 3.35. The standard InChI is InChI=1S/C17H27N3O3S/c1-13-9-14(10-20-11-15(12-20)19-24(2,21)22)3-4-17(13)23-16-5-7-18-8-6-16/h3-4,9,15-16,18-19H,5-8,10-12H2,1-2H3. The van der Waals surface area contributed by atoms with E-state index in [4.69, 9.17) is 4.74 Å². The highest BCUT2D eigenvalue weighted by Gasteiger charge is 2.28. The summed E-state index contributed by atoms with van der Waals surface area (Å²) in [6.07, 6.45) is 3.64. The fourth-order valence-electron chi connectivity index (χ4n) is 3.37. The lowest BCUT2D eigenvalue weighted by Gasteiger charge is -2.39. The molecule has 6 nitrogen and oxygen atoms in total. The van der Waals surface area contributed by atoms with Gasteiger partial charge < -0.3 is 10.1 Å². The zero-order valence-electron chi connectivity index (χ0n) is 14.4. The van der Waals surface area contributed by atoms with E-state index >= 15 is 0 Å². The number of nitrogens with zero attached hydrogens (tertiary/aromatic N) is 1. The highest BCUT2D eigenvalue weighted by molar-refractivity contribution is 7.88. The molecule has 0 aliphatic carbocycles. The first-order valence-electron chi connectivity index (χ1n) is 8.55. The monoisotopic (exact) mass is 353 g/mol. The van der Waals surface area contributed by atoms with Crippen LogP contribution in [0.1, 0.15) is 24.0 Å². The van der Waals surface area contributed by atoms with Crippen LogP contribution in [0.2, 0.25) is 0 Å². The molecule has 0 spiro atoms. The van der Waals surface area contributed by atoms with Crippen molar-refractivity contribution in [2.45, 2.75) is 38.5 Å². The Labute approximate surface area is 144 Å². The number of sulfonamides is 1. The summed E-state index contributed by atoms with van der Waals surface area (Å²) < 4.78 is 31.2. The van der Waals surface area contributed by atoms with Gasteiger partial charge in [-0.3, -0.25) is 4.90 Å². The average molecular weight is 353 g/mol. The molecule has 0 bridgehead atoms. The fraction of sp³-hybridized carbons (Fsp3) is 0.647. The largest absolute Gasteiger partial charge is 0.490 e. The summed E-state index contributed by atoms with van der Waals surface area (Å²) >= 11 is 0. The molecule has 2 N–H and O–H groups in total. The van der Waals surface area contributed by atoms with Crippen LogP contribution in [0.5, 0.6) is 5.75 Å². The Morgan fingerprint density at radius 3 is 2.62 bits per heavy atom. The Bertz CT molecular complexity index is 666. The number of likely N-dealkylation sites (tertiary alicyclic amines) is 1. The Morgan fingerprint density at radius 2 is 2.00 bits per heavy atom. The van der Waals surface area contributed by atoms with Gasteiger partial charge in [0.2, 0.25) is 10.0 Å². The molecular formula is C17H27N3O3S. The van der Waals surface area contributed by atoms with Gasteiger partial charge in [-0.2, -0.15) is 0 Å². The highest BCUT2D eigenvalue weighted by Crippen LogP contribution is 2.24. The Kier molecular flexibility index (Phi) is 5.44. The van der Waals surface area contributed by atoms with Crippen molar-refractivity contribution in [3.05, 3.63) is 29.3 Å². The lowest BCUT2D eigenvalue weighted by atomic mass is 10.1. The van der Waals surface area contributed by atoms with Gasteiger partial charge >= 0.3 is 0 Å². The maximum Gasteiger partial charge on any atom is 0.209 e. The zero-order chi connectivity index (χ0) is 17.2. The van der Waals surface area contributed by atoms with Gasteiger partial charge in [0.1, 0.15) is 11.9 Å². The van der Waals surface area contributed by atoms with Crippen LogP contribution in [0, 0.1) is 6.92 Å². The number of aryl methyl sites for hydroxylation is 1. The predicted octanol–water partition coefficient (Wildman–Crippen LogP) is 0.859. The van der Waals surface area contributed by atoms with Crippen LogP contribution in [-0.2, 0) is 16.6 Å². The van der Waals surface area contributed by atoms with E-state index in [0.717, 1.165) is 56.9 Å². The lowest BCUT2D eigenvalue weighted by molar-refractivity contribution is 0.132. The molecule has 3 rings (SSSR count). The van der Waals surface area contributed by atoms with Crippen LogP contribution >= 0.6 is 0 Å². The molecule has 0 unspecified atom stereocenters. The van der Waals surface area contributed by atoms with Gasteiger partial charge in [-0.15, -0.1) is 0 Å². The maximum absolute atomic E-state index is 11.2. The van der Waals surface area contributed by atoms with Crippen LogP contribution in [-0.4, -0.2) is 57.9 Å². The molecule has 134 valence electrons. The van der Waals surface area contributed by atoms with Gasteiger partial charge in [0.05, 0.1) is 6.26 Å². The number of piperidine rings is 1. The van der Waals surface area contributed by atoms with Crippen molar-refractivity contribution in [3.63, 3.8) is 0 Å². The maximum atomic E-state index is 11.2. The zero-order valence-corrected chi connectivity index (χ0v) is 15.2. The van der Waals surface area contributed by atoms with E-state index in [2.05, 4.69) is 40.1 Å². The highest BCUT2D eigenvalue weighted by atomic mass is 32.2. The molecule has 2 aliphatic rings. The smallest absolute Gasteiger partial charge is 0.209 e. The van der Waals surface area contributed by atoms with Crippen LogP contribution in [0.15, 0.2) is 18.2 Å². The molecule has 0 aromatic heterocycles. The second-order valence-electron chi connectivity index (χ2n) is 6.95. The van der Waals surface area contributed by atoms with Gasteiger partial charge in [0, 0.05) is 25.7 Å². The number of hydrogen-bond acceptors (Lipinski definition) is 5. The van der Waals surface area contributed by atoms with E-state index in [9.17, 15) is 8.42 Å². The van der Waals surface area contributed by atoms with Crippen molar-refractivity contribution < 1.29 is 13.2 Å². The van der Waals surface area contributed by atoms with Gasteiger partial charge in [-0.05, 0) is 50.0 Å². The van der Waals surface area contributed by atoms with E-state index in [0.29, 0.717) is 6.10 Å². The third-order valence-corrected chi connectivity index (χ3v) is 5.32. The second kappa shape index (κ2) is 7.39. The molecule has 0 radical (unpaired) electrons. The van der Waals surface area contributed by atoms with Crippen LogP contribution in [0.3, 0.4) is 0 Å². The fourth-order valence-corrected chi connectivity index (χ4v) is 4.12. The van der Waals surface area contributed by atoms with Crippen molar-refractivity contribution in [1.29, 1.82) is 0 Å². The molecule has 7 heteroatoms. The summed E-state index contributed by atoms with van der Waals surface area (Å²) in [4.78, 5) is 2.24. The second-order valence-corrected chi connectivity index (χ2v) is 8.73. The normalized spacial score (nSPS) is 20.8. The Balaban J connectivity index is 1.50. The topological polar surface area (TPSA) is 70.7 Å². The number of ether oxygens (including phenoxy) is 1. The molecule has 24 heavy (non-hydrogen) atoms. The number of nitrogens with one attached hydrogen (secondary N) is 2. The minimum absolute atomic E-state index is 0.0450. The molecule has 0 saturated carbocycles. The summed E-state index contributed by atoms with van der Waals surface area (Å²) in [7, 11) is -3.10. The molecule has 2 saturated heterocycles. The summed E-state index contributed by atoms with van der Waals surface area (Å²) in [5.74, 6) is 0.978. The quantitative estimate of drug-likeness (QED) is 0.794. The molecule has 1 aromatic rings. The lowest BCUT2D eigenvalue weighted by Crippen LogP contribution is -2.58. The van der Waals surface area contributed by atoms with Crippen molar-refractivity contribution in [2.24, 2.45) is 0 Å². The summed E-state index contributed by atoms with van der Waals surface area (Å²) in [5.41, 5.74) is 2.40. The number of hydrogen-bond donors (Lipinski definition) is 2. The molecule has 0 amide bonds. The molecule has 2 fully saturated rings. The Hall–Kier alpha value is -1.15. The van der Waals surface area contributed by atoms with E-state index in [1.54, 1.807) is 0 Å². The molecular weight excluding hydrogens is 326 g/mol. The van der Waals surface area contributed by atoms with Crippen LogP contribution < -0.4 is 14.8 Å². The molecule has 2 aliphatic heterocycles. The number of benzene rings is 1. The third kappa shape index (κ3) is 4.92.